The van der Waals surface area contributed by atoms with Crippen molar-refractivity contribution < 1.29 is 14.3 Å². The van der Waals surface area contributed by atoms with Crippen molar-refractivity contribution in [2.45, 2.75) is 13.3 Å². The van der Waals surface area contributed by atoms with Crippen LogP contribution < -0.4 is 5.73 Å². The number of rotatable bonds is 6. The van der Waals surface area contributed by atoms with Crippen LogP contribution in [0.2, 0.25) is 0 Å². The Morgan fingerprint density at radius 1 is 1.44 bits per heavy atom. The van der Waals surface area contributed by atoms with Crippen molar-refractivity contribution in [3.8, 4) is 0 Å². The minimum Gasteiger partial charge on any atom is -0.460 e. The van der Waals surface area contributed by atoms with Crippen molar-refractivity contribution in [3.63, 3.8) is 0 Å². The summed E-state index contributed by atoms with van der Waals surface area (Å²) in [5.41, 5.74) is 6.24. The van der Waals surface area contributed by atoms with Gasteiger partial charge in [0.25, 0.3) is 0 Å². The second-order valence-corrected chi connectivity index (χ2v) is 3.21. The first kappa shape index (κ1) is 12.4. The average molecular weight is 224 g/mol. The van der Waals surface area contributed by atoms with E-state index in [1.165, 1.54) is 18.5 Å². The summed E-state index contributed by atoms with van der Waals surface area (Å²) in [6, 6.07) is 1.53. The summed E-state index contributed by atoms with van der Waals surface area (Å²) in [5.74, 6) is -0.444. The summed E-state index contributed by atoms with van der Waals surface area (Å²) in [6.07, 6.45) is 3.87. The van der Waals surface area contributed by atoms with Crippen molar-refractivity contribution in [2.24, 2.45) is 0 Å². The minimum absolute atomic E-state index is 0.237. The van der Waals surface area contributed by atoms with Crippen LogP contribution in [0.5, 0.6) is 0 Å². The first-order valence-corrected chi connectivity index (χ1v) is 5.20. The molecule has 0 amide bonds. The Hall–Kier alpha value is -1.62. The Morgan fingerprint density at radius 3 is 2.94 bits per heavy atom. The van der Waals surface area contributed by atoms with Gasteiger partial charge in [-0.05, 0) is 12.5 Å². The van der Waals surface area contributed by atoms with Crippen LogP contribution in [0, 0.1) is 0 Å². The Kier molecular flexibility index (Phi) is 5.28. The van der Waals surface area contributed by atoms with Gasteiger partial charge >= 0.3 is 5.97 Å². The molecule has 1 aromatic rings. The molecule has 0 bridgehead atoms. The van der Waals surface area contributed by atoms with Crippen LogP contribution in [0.4, 0.5) is 5.69 Å². The quantitative estimate of drug-likeness (QED) is 0.581. The molecule has 0 spiro atoms. The van der Waals surface area contributed by atoms with Crippen molar-refractivity contribution in [1.29, 1.82) is 0 Å². The number of hydrogen-bond acceptors (Lipinski definition) is 5. The second-order valence-electron chi connectivity index (χ2n) is 3.21. The van der Waals surface area contributed by atoms with Gasteiger partial charge in [0, 0.05) is 12.8 Å². The first-order chi connectivity index (χ1) is 7.75. The van der Waals surface area contributed by atoms with Crippen molar-refractivity contribution in [1.82, 2.24) is 4.98 Å². The maximum atomic E-state index is 11.5. The van der Waals surface area contributed by atoms with Crippen LogP contribution in [-0.4, -0.2) is 30.8 Å². The standard InChI is InChI=1S/C11H16N2O3/c1-2-5-15-6-7-16-11(14)9-3-4-13-8-10(9)12/h3-4,8H,2,5-7,12H2,1H3. The molecule has 0 aliphatic carbocycles. The zero-order chi connectivity index (χ0) is 11.8. The fourth-order valence-corrected chi connectivity index (χ4v) is 1.11. The second kappa shape index (κ2) is 6.79. The molecule has 5 nitrogen and oxygen atoms in total. The molecule has 0 unspecified atom stereocenters. The van der Waals surface area contributed by atoms with E-state index in [2.05, 4.69) is 4.98 Å². The van der Waals surface area contributed by atoms with Crippen molar-refractivity contribution >= 4 is 11.7 Å². The van der Waals surface area contributed by atoms with Crippen LogP contribution in [0.1, 0.15) is 23.7 Å². The number of nitrogens with zero attached hydrogens (tertiary/aromatic N) is 1. The maximum absolute atomic E-state index is 11.5. The van der Waals surface area contributed by atoms with Gasteiger partial charge in [-0.2, -0.15) is 0 Å². The predicted octanol–water partition coefficient (Wildman–Crippen LogP) is 1.25. The fraction of sp³-hybridized carbons (Fsp3) is 0.455. The highest BCUT2D eigenvalue weighted by molar-refractivity contribution is 5.94. The average Bonchev–Trinajstić information content (AvgIpc) is 2.29. The predicted molar refractivity (Wildman–Crippen MR) is 60.0 cm³/mol. The SMILES string of the molecule is CCCOCCOC(=O)c1ccncc1N. The van der Waals surface area contributed by atoms with Gasteiger partial charge in [-0.15, -0.1) is 0 Å². The highest BCUT2D eigenvalue weighted by atomic mass is 16.6. The van der Waals surface area contributed by atoms with E-state index in [4.69, 9.17) is 15.2 Å². The number of anilines is 1. The number of aromatic nitrogens is 1. The molecule has 0 atom stereocenters. The zero-order valence-electron chi connectivity index (χ0n) is 9.31. The number of nitrogen functional groups attached to an aromatic ring is 1. The number of esters is 1. The molecular formula is C11H16N2O3. The number of carbonyl (C=O) groups excluding carboxylic acids is 1. The maximum Gasteiger partial charge on any atom is 0.340 e. The van der Waals surface area contributed by atoms with Gasteiger partial charge in [0.15, 0.2) is 0 Å². The van der Waals surface area contributed by atoms with Crippen molar-refractivity contribution in [3.05, 3.63) is 24.0 Å². The van der Waals surface area contributed by atoms with Gasteiger partial charge in [-0.3, -0.25) is 4.98 Å². The van der Waals surface area contributed by atoms with Gasteiger partial charge < -0.3 is 15.2 Å². The molecule has 0 fully saturated rings. The van der Waals surface area contributed by atoms with E-state index in [1.54, 1.807) is 0 Å². The first-order valence-electron chi connectivity index (χ1n) is 5.20. The van der Waals surface area contributed by atoms with Crippen molar-refractivity contribution in [2.75, 3.05) is 25.6 Å². The lowest BCUT2D eigenvalue weighted by Crippen LogP contribution is -2.12. The highest BCUT2D eigenvalue weighted by Gasteiger charge is 2.10. The van der Waals surface area contributed by atoms with Crippen LogP contribution in [0.15, 0.2) is 18.5 Å². The molecular weight excluding hydrogens is 208 g/mol. The Bertz CT molecular complexity index is 342. The Labute approximate surface area is 94.6 Å². The van der Waals surface area contributed by atoms with E-state index in [-0.39, 0.29) is 6.61 Å². The van der Waals surface area contributed by atoms with E-state index in [9.17, 15) is 4.79 Å². The lowest BCUT2D eigenvalue weighted by molar-refractivity contribution is 0.0319. The normalized spacial score (nSPS) is 10.1. The van der Waals surface area contributed by atoms with E-state index in [1.807, 2.05) is 6.92 Å². The highest BCUT2D eigenvalue weighted by Crippen LogP contribution is 2.09. The third-order valence-corrected chi connectivity index (χ3v) is 1.88. The number of hydrogen-bond donors (Lipinski definition) is 1. The number of ether oxygens (including phenoxy) is 2. The van der Waals surface area contributed by atoms with Gasteiger partial charge in [0.1, 0.15) is 6.61 Å². The van der Waals surface area contributed by atoms with Gasteiger partial charge in [-0.1, -0.05) is 6.92 Å². The molecule has 1 rings (SSSR count). The summed E-state index contributed by atoms with van der Waals surface area (Å²) in [6.45, 7) is 3.34. The third kappa shape index (κ3) is 3.86. The molecule has 5 heteroatoms. The molecule has 0 aliphatic heterocycles. The molecule has 0 aromatic carbocycles. The summed E-state index contributed by atoms with van der Waals surface area (Å²) >= 11 is 0. The summed E-state index contributed by atoms with van der Waals surface area (Å²) in [4.78, 5) is 15.3. The van der Waals surface area contributed by atoms with E-state index in [0.29, 0.717) is 24.5 Å². The lowest BCUT2D eigenvalue weighted by atomic mass is 10.2. The largest absolute Gasteiger partial charge is 0.460 e. The zero-order valence-corrected chi connectivity index (χ0v) is 9.31. The number of nitrogens with two attached hydrogens (primary N) is 1. The van der Waals surface area contributed by atoms with Crippen LogP contribution in [-0.2, 0) is 9.47 Å². The summed E-state index contributed by atoms with van der Waals surface area (Å²) in [7, 11) is 0. The number of carbonyl (C=O) groups is 1. The molecule has 1 heterocycles. The Morgan fingerprint density at radius 2 is 2.25 bits per heavy atom. The van der Waals surface area contributed by atoms with Gasteiger partial charge in [0.05, 0.1) is 24.1 Å². The van der Waals surface area contributed by atoms with E-state index >= 15 is 0 Å². The monoisotopic (exact) mass is 224 g/mol. The smallest absolute Gasteiger partial charge is 0.340 e. The molecule has 88 valence electrons. The number of pyridine rings is 1. The topological polar surface area (TPSA) is 74.4 Å². The van der Waals surface area contributed by atoms with Crippen LogP contribution >= 0.6 is 0 Å². The third-order valence-electron chi connectivity index (χ3n) is 1.88. The molecule has 0 saturated carbocycles. The molecule has 0 radical (unpaired) electrons. The molecule has 0 aliphatic rings. The van der Waals surface area contributed by atoms with Gasteiger partial charge in [0.2, 0.25) is 0 Å². The summed E-state index contributed by atoms with van der Waals surface area (Å²) in [5, 5.41) is 0. The van der Waals surface area contributed by atoms with Crippen LogP contribution in [0.25, 0.3) is 0 Å². The van der Waals surface area contributed by atoms with E-state index in [0.717, 1.165) is 6.42 Å². The lowest BCUT2D eigenvalue weighted by Gasteiger charge is -2.06. The summed E-state index contributed by atoms with van der Waals surface area (Å²) < 4.78 is 10.2. The van der Waals surface area contributed by atoms with Gasteiger partial charge in [-0.25, -0.2) is 4.79 Å². The van der Waals surface area contributed by atoms with Crippen LogP contribution in [0.3, 0.4) is 0 Å². The molecule has 1 aromatic heterocycles. The molecule has 0 saturated heterocycles. The van der Waals surface area contributed by atoms with E-state index < -0.39 is 5.97 Å². The Balaban J connectivity index is 2.33. The molecule has 2 N–H and O–H groups in total. The fourth-order valence-electron chi connectivity index (χ4n) is 1.11. The minimum atomic E-state index is -0.444. The molecule has 16 heavy (non-hydrogen) atoms.